The highest BCUT2D eigenvalue weighted by Gasteiger charge is 2.29. The molecule has 82 valence electrons. The molecule has 0 amide bonds. The van der Waals surface area contributed by atoms with Crippen LogP contribution >= 0.6 is 0 Å². The predicted molar refractivity (Wildman–Crippen MR) is 52.6 cm³/mol. The largest absolute Gasteiger partial charge is 0.416 e. The number of guanidine groups is 1. The molecule has 15 heavy (non-hydrogen) atoms. The predicted octanol–water partition coefficient (Wildman–Crippen LogP) is 2.06. The highest BCUT2D eigenvalue weighted by Crippen LogP contribution is 2.29. The molecule has 0 unspecified atom stereocenters. The smallest absolute Gasteiger partial charge is 0.370 e. The van der Waals surface area contributed by atoms with Gasteiger partial charge in [-0.15, -0.1) is 0 Å². The number of aliphatic imine (C=N–C) groups is 1. The van der Waals surface area contributed by atoms with Gasteiger partial charge in [0.2, 0.25) is 0 Å². The summed E-state index contributed by atoms with van der Waals surface area (Å²) in [6.07, 6.45) is -4.32. The minimum Gasteiger partial charge on any atom is -0.370 e. The summed E-state index contributed by atoms with van der Waals surface area (Å²) in [4.78, 5) is 3.62. The number of halogens is 3. The average Bonchev–Trinajstić information content (AvgIpc) is 2.17. The van der Waals surface area contributed by atoms with E-state index in [4.69, 9.17) is 5.73 Å². The van der Waals surface area contributed by atoms with Crippen LogP contribution in [0.1, 0.15) is 5.56 Å². The van der Waals surface area contributed by atoms with Crippen LogP contribution in [0, 0.1) is 0 Å². The van der Waals surface area contributed by atoms with Gasteiger partial charge in [0, 0.05) is 12.7 Å². The Hall–Kier alpha value is -1.72. The fraction of sp³-hybridized carbons (Fsp3) is 0.222. The molecular weight excluding hydrogens is 207 g/mol. The van der Waals surface area contributed by atoms with Crippen LogP contribution in [-0.2, 0) is 6.18 Å². The summed E-state index contributed by atoms with van der Waals surface area (Å²) >= 11 is 0. The Morgan fingerprint density at radius 2 is 1.80 bits per heavy atom. The summed E-state index contributed by atoms with van der Waals surface area (Å²) in [6.45, 7) is 0. The lowest BCUT2D eigenvalue weighted by molar-refractivity contribution is -0.137. The first kappa shape index (κ1) is 11.4. The first-order valence-corrected chi connectivity index (χ1v) is 4.10. The first-order valence-electron chi connectivity index (χ1n) is 4.10. The van der Waals surface area contributed by atoms with Gasteiger partial charge in [-0.05, 0) is 24.3 Å². The van der Waals surface area contributed by atoms with Crippen molar-refractivity contribution >= 4 is 11.6 Å². The van der Waals surface area contributed by atoms with E-state index in [0.29, 0.717) is 5.69 Å². The normalized spacial score (nSPS) is 12.7. The number of nitrogens with zero attached hydrogens (tertiary/aromatic N) is 1. The van der Waals surface area contributed by atoms with E-state index in [2.05, 4.69) is 10.3 Å². The summed E-state index contributed by atoms with van der Waals surface area (Å²) in [5.74, 6) is 0.148. The molecule has 0 fully saturated rings. The van der Waals surface area contributed by atoms with Crippen LogP contribution in [0.2, 0.25) is 0 Å². The van der Waals surface area contributed by atoms with Crippen LogP contribution in [0.15, 0.2) is 29.3 Å². The number of nitrogens with two attached hydrogens (primary N) is 1. The van der Waals surface area contributed by atoms with Gasteiger partial charge in [-0.2, -0.15) is 13.2 Å². The lowest BCUT2D eigenvalue weighted by atomic mass is 10.2. The number of benzene rings is 1. The molecule has 3 nitrogen and oxygen atoms in total. The monoisotopic (exact) mass is 217 g/mol. The second-order valence-corrected chi connectivity index (χ2v) is 2.81. The van der Waals surface area contributed by atoms with Crippen molar-refractivity contribution in [1.82, 2.24) is 0 Å². The molecule has 0 atom stereocenters. The number of nitrogens with one attached hydrogen (secondary N) is 1. The molecule has 6 heteroatoms. The van der Waals surface area contributed by atoms with Crippen molar-refractivity contribution in [3.63, 3.8) is 0 Å². The zero-order valence-electron chi connectivity index (χ0n) is 7.97. The number of hydrogen-bond acceptors (Lipinski definition) is 1. The zero-order valence-corrected chi connectivity index (χ0v) is 7.97. The molecule has 0 saturated carbocycles. The zero-order chi connectivity index (χ0) is 11.5. The van der Waals surface area contributed by atoms with Crippen LogP contribution in [-0.4, -0.2) is 13.0 Å². The summed E-state index contributed by atoms with van der Waals surface area (Å²) in [7, 11) is 1.48. The molecule has 1 rings (SSSR count). The molecule has 0 aliphatic rings. The lowest BCUT2D eigenvalue weighted by Gasteiger charge is -2.08. The number of anilines is 1. The van der Waals surface area contributed by atoms with Crippen molar-refractivity contribution in [2.45, 2.75) is 6.18 Å². The van der Waals surface area contributed by atoms with Crippen LogP contribution < -0.4 is 11.1 Å². The van der Waals surface area contributed by atoms with E-state index in [1.54, 1.807) is 0 Å². The van der Waals surface area contributed by atoms with Crippen molar-refractivity contribution in [2.75, 3.05) is 12.4 Å². The van der Waals surface area contributed by atoms with E-state index in [1.165, 1.54) is 19.2 Å². The topological polar surface area (TPSA) is 50.4 Å². The van der Waals surface area contributed by atoms with Crippen molar-refractivity contribution in [3.05, 3.63) is 29.8 Å². The second kappa shape index (κ2) is 4.20. The molecular formula is C9H10F3N3. The second-order valence-electron chi connectivity index (χ2n) is 2.81. The van der Waals surface area contributed by atoms with E-state index < -0.39 is 11.7 Å². The molecule has 0 radical (unpaired) electrons. The molecule has 0 spiro atoms. The minimum atomic E-state index is -4.32. The molecule has 0 saturated heterocycles. The van der Waals surface area contributed by atoms with Crippen LogP contribution in [0.4, 0.5) is 18.9 Å². The summed E-state index contributed by atoms with van der Waals surface area (Å²) < 4.78 is 36.5. The average molecular weight is 217 g/mol. The van der Waals surface area contributed by atoms with Gasteiger partial charge in [-0.25, -0.2) is 0 Å². The highest BCUT2D eigenvalue weighted by atomic mass is 19.4. The van der Waals surface area contributed by atoms with Gasteiger partial charge >= 0.3 is 6.18 Å². The Kier molecular flexibility index (Phi) is 3.18. The summed E-state index contributed by atoms with van der Waals surface area (Å²) in [6, 6.07) is 4.54. The van der Waals surface area contributed by atoms with Crippen LogP contribution in [0.5, 0.6) is 0 Å². The maximum Gasteiger partial charge on any atom is 0.416 e. The summed E-state index contributed by atoms with van der Waals surface area (Å²) in [5.41, 5.74) is 5.12. The van der Waals surface area contributed by atoms with Gasteiger partial charge < -0.3 is 11.1 Å². The molecule has 3 N–H and O–H groups in total. The van der Waals surface area contributed by atoms with Gasteiger partial charge in [0.25, 0.3) is 0 Å². The molecule has 1 aromatic carbocycles. The van der Waals surface area contributed by atoms with Crippen molar-refractivity contribution < 1.29 is 13.2 Å². The van der Waals surface area contributed by atoms with E-state index in [-0.39, 0.29) is 5.96 Å². The van der Waals surface area contributed by atoms with E-state index in [9.17, 15) is 13.2 Å². The third kappa shape index (κ3) is 3.16. The molecule has 0 aliphatic heterocycles. The number of hydrogen-bond donors (Lipinski definition) is 2. The lowest BCUT2D eigenvalue weighted by Crippen LogP contribution is -2.22. The third-order valence-corrected chi connectivity index (χ3v) is 1.73. The minimum absolute atomic E-state index is 0.148. The van der Waals surface area contributed by atoms with Crippen LogP contribution in [0.3, 0.4) is 0 Å². The number of alkyl halides is 3. The van der Waals surface area contributed by atoms with Crippen LogP contribution in [0.25, 0.3) is 0 Å². The Morgan fingerprint density at radius 3 is 2.20 bits per heavy atom. The van der Waals surface area contributed by atoms with Gasteiger partial charge in [0.05, 0.1) is 5.56 Å². The van der Waals surface area contributed by atoms with E-state index in [0.717, 1.165) is 12.1 Å². The Bertz CT molecular complexity index is 354. The maximum absolute atomic E-state index is 12.2. The summed E-state index contributed by atoms with van der Waals surface area (Å²) in [5, 5.41) is 2.63. The fourth-order valence-corrected chi connectivity index (χ4v) is 0.946. The quantitative estimate of drug-likeness (QED) is 0.558. The van der Waals surface area contributed by atoms with Gasteiger partial charge in [0.1, 0.15) is 0 Å². The maximum atomic E-state index is 12.2. The Morgan fingerprint density at radius 1 is 1.27 bits per heavy atom. The van der Waals surface area contributed by atoms with Crippen molar-refractivity contribution in [3.8, 4) is 0 Å². The molecule has 0 aliphatic carbocycles. The van der Waals surface area contributed by atoms with Crippen molar-refractivity contribution in [2.24, 2.45) is 10.7 Å². The van der Waals surface area contributed by atoms with E-state index in [1.807, 2.05) is 0 Å². The first-order chi connectivity index (χ1) is 6.93. The Balaban J connectivity index is 2.82. The fourth-order valence-electron chi connectivity index (χ4n) is 0.946. The Labute approximate surface area is 84.8 Å². The number of rotatable bonds is 1. The van der Waals surface area contributed by atoms with Gasteiger partial charge in [-0.3, -0.25) is 4.99 Å². The molecule has 0 heterocycles. The van der Waals surface area contributed by atoms with Gasteiger partial charge in [0.15, 0.2) is 5.96 Å². The van der Waals surface area contributed by atoms with E-state index >= 15 is 0 Å². The standard InChI is InChI=1S/C9H10F3N3/c1-14-8(13)15-7-4-2-6(3-5-7)9(10,11)12/h2-5H,1H3,(H3,13,14,15). The third-order valence-electron chi connectivity index (χ3n) is 1.73. The van der Waals surface area contributed by atoms with Crippen molar-refractivity contribution in [1.29, 1.82) is 0 Å². The molecule has 0 aromatic heterocycles. The molecule has 1 aromatic rings. The SMILES string of the molecule is CN=C(N)Nc1ccc(C(F)(F)F)cc1. The highest BCUT2D eigenvalue weighted by molar-refractivity contribution is 5.92. The van der Waals surface area contributed by atoms with Gasteiger partial charge in [-0.1, -0.05) is 0 Å². The molecule has 0 bridgehead atoms.